The molecule has 0 spiro atoms. The maximum Gasteiger partial charge on any atom is 0.263 e. The fraction of sp³-hybridized carbons (Fsp3) is 0.571. The number of H-pyrrole nitrogens is 1. The normalized spacial score (nSPS) is 16.3. The largest absolute Gasteiger partial charge is 0.380 e. The summed E-state index contributed by atoms with van der Waals surface area (Å²) in [7, 11) is 1.65. The van der Waals surface area contributed by atoms with Gasteiger partial charge in [0.25, 0.3) is 5.56 Å². The molecule has 3 rings (SSSR count). The highest BCUT2D eigenvalue weighted by Gasteiger charge is 2.20. The molecular formula is C14H18N2O2S2. The van der Waals surface area contributed by atoms with Gasteiger partial charge in [0.05, 0.1) is 18.0 Å². The summed E-state index contributed by atoms with van der Waals surface area (Å²) in [6.07, 6.45) is 4.45. The van der Waals surface area contributed by atoms with Crippen molar-refractivity contribution in [1.29, 1.82) is 0 Å². The molecule has 0 radical (unpaired) electrons. The van der Waals surface area contributed by atoms with E-state index in [2.05, 4.69) is 4.98 Å². The minimum atomic E-state index is -0.0327. The van der Waals surface area contributed by atoms with Crippen LogP contribution >= 0.6 is 23.6 Å². The second-order valence-electron chi connectivity index (χ2n) is 5.31. The van der Waals surface area contributed by atoms with E-state index in [0.717, 1.165) is 23.1 Å². The van der Waals surface area contributed by atoms with Crippen LogP contribution in [0.2, 0.25) is 0 Å². The molecule has 0 saturated carbocycles. The summed E-state index contributed by atoms with van der Waals surface area (Å²) in [5.41, 5.74) is 1.28. The molecular weight excluding hydrogens is 292 g/mol. The Morgan fingerprint density at radius 2 is 2.20 bits per heavy atom. The van der Waals surface area contributed by atoms with Gasteiger partial charge in [0.1, 0.15) is 4.83 Å². The number of methoxy groups -OCH3 is 1. The van der Waals surface area contributed by atoms with Crippen LogP contribution in [0.1, 0.15) is 30.2 Å². The molecule has 0 aliphatic heterocycles. The topological polar surface area (TPSA) is 47.0 Å². The fourth-order valence-corrected chi connectivity index (χ4v) is 4.37. The Hall–Kier alpha value is -0.980. The van der Waals surface area contributed by atoms with Gasteiger partial charge in [-0.2, -0.15) is 0 Å². The number of ether oxygens (including phenoxy) is 1. The predicted octanol–water partition coefficient (Wildman–Crippen LogP) is 3.03. The minimum absolute atomic E-state index is 0.0327. The summed E-state index contributed by atoms with van der Waals surface area (Å²) >= 11 is 7.03. The van der Waals surface area contributed by atoms with Crippen LogP contribution in [0.25, 0.3) is 10.2 Å². The molecule has 108 valence electrons. The van der Waals surface area contributed by atoms with Crippen LogP contribution in [-0.2, 0) is 24.1 Å². The van der Waals surface area contributed by atoms with E-state index in [4.69, 9.17) is 17.0 Å². The summed E-state index contributed by atoms with van der Waals surface area (Å²) < 4.78 is 7.38. The molecule has 0 fully saturated rings. The lowest BCUT2D eigenvalue weighted by molar-refractivity contribution is 0.102. The molecule has 6 heteroatoms. The molecule has 1 unspecified atom stereocenters. The molecule has 0 saturated heterocycles. The number of rotatable bonds is 3. The number of fused-ring (bicyclic) bond motifs is 3. The highest BCUT2D eigenvalue weighted by Crippen LogP contribution is 2.33. The van der Waals surface area contributed by atoms with Crippen molar-refractivity contribution in [3.05, 3.63) is 25.6 Å². The Morgan fingerprint density at radius 3 is 2.95 bits per heavy atom. The van der Waals surface area contributed by atoms with Crippen molar-refractivity contribution in [2.24, 2.45) is 0 Å². The van der Waals surface area contributed by atoms with Gasteiger partial charge in [0.2, 0.25) is 0 Å². The Bertz CT molecular complexity index is 757. The van der Waals surface area contributed by atoms with E-state index in [-0.39, 0.29) is 11.7 Å². The Kier molecular flexibility index (Phi) is 3.79. The van der Waals surface area contributed by atoms with E-state index >= 15 is 0 Å². The van der Waals surface area contributed by atoms with Gasteiger partial charge in [0, 0.05) is 12.0 Å². The van der Waals surface area contributed by atoms with Crippen molar-refractivity contribution in [3.63, 3.8) is 0 Å². The Labute approximate surface area is 126 Å². The Morgan fingerprint density at radius 1 is 1.45 bits per heavy atom. The zero-order valence-electron chi connectivity index (χ0n) is 11.7. The average molecular weight is 310 g/mol. The molecule has 2 heterocycles. The summed E-state index contributed by atoms with van der Waals surface area (Å²) in [6.45, 7) is 2.43. The van der Waals surface area contributed by atoms with Crippen LogP contribution in [0.15, 0.2) is 4.79 Å². The molecule has 20 heavy (non-hydrogen) atoms. The second-order valence-corrected chi connectivity index (χ2v) is 6.80. The number of aromatic amines is 1. The minimum Gasteiger partial charge on any atom is -0.380 e. The lowest BCUT2D eigenvalue weighted by atomic mass is 9.97. The van der Waals surface area contributed by atoms with Gasteiger partial charge < -0.3 is 9.72 Å². The van der Waals surface area contributed by atoms with Gasteiger partial charge in [-0.1, -0.05) is 0 Å². The van der Waals surface area contributed by atoms with Crippen LogP contribution in [0.5, 0.6) is 0 Å². The van der Waals surface area contributed by atoms with Crippen LogP contribution in [0, 0.1) is 4.77 Å². The molecule has 0 aromatic carbocycles. The quantitative estimate of drug-likeness (QED) is 0.887. The molecule has 1 N–H and O–H groups in total. The van der Waals surface area contributed by atoms with Crippen molar-refractivity contribution in [2.75, 3.05) is 7.11 Å². The van der Waals surface area contributed by atoms with E-state index in [0.29, 0.717) is 11.3 Å². The van der Waals surface area contributed by atoms with Gasteiger partial charge in [-0.15, -0.1) is 11.3 Å². The molecule has 0 bridgehead atoms. The van der Waals surface area contributed by atoms with Crippen molar-refractivity contribution < 1.29 is 4.74 Å². The zero-order valence-corrected chi connectivity index (χ0v) is 13.3. The first kappa shape index (κ1) is 14.0. The van der Waals surface area contributed by atoms with E-state index in [1.54, 1.807) is 23.0 Å². The molecule has 2 aromatic rings. The number of aryl methyl sites for hydroxylation is 2. The fourth-order valence-electron chi connectivity index (χ4n) is 2.77. The number of hydrogen-bond acceptors (Lipinski definition) is 4. The zero-order chi connectivity index (χ0) is 14.3. The molecule has 1 aliphatic rings. The second kappa shape index (κ2) is 5.42. The van der Waals surface area contributed by atoms with Gasteiger partial charge in [-0.25, -0.2) is 0 Å². The number of thiophene rings is 1. The smallest absolute Gasteiger partial charge is 0.263 e. The number of nitrogens with zero attached hydrogens (tertiary/aromatic N) is 1. The number of nitrogens with one attached hydrogen (secondary N) is 1. The molecule has 0 amide bonds. The van der Waals surface area contributed by atoms with E-state index in [1.165, 1.54) is 23.3 Å². The summed E-state index contributed by atoms with van der Waals surface area (Å²) in [6, 6.07) is 0. The predicted molar refractivity (Wildman–Crippen MR) is 84.4 cm³/mol. The van der Waals surface area contributed by atoms with Crippen molar-refractivity contribution in [2.45, 2.75) is 45.3 Å². The van der Waals surface area contributed by atoms with E-state index < -0.39 is 0 Å². The maximum atomic E-state index is 12.8. The van der Waals surface area contributed by atoms with Crippen molar-refractivity contribution >= 4 is 33.8 Å². The third kappa shape index (κ3) is 2.25. The summed E-state index contributed by atoms with van der Waals surface area (Å²) in [4.78, 5) is 18.3. The monoisotopic (exact) mass is 310 g/mol. The van der Waals surface area contributed by atoms with Gasteiger partial charge in [0.15, 0.2) is 4.77 Å². The standard InChI is InChI=1S/C14H18N2O2S2/c1-8(18-2)7-16-13(17)11-9-5-3-4-6-10(9)20-12(11)15-14(16)19/h8H,3-7H2,1-2H3,(H,15,19). The van der Waals surface area contributed by atoms with E-state index in [1.807, 2.05) is 6.92 Å². The SMILES string of the molecule is COC(C)Cn1c(=S)[nH]c2sc3c(c2c1=O)CCCC3. The van der Waals surface area contributed by atoms with Crippen LogP contribution in [-0.4, -0.2) is 22.8 Å². The number of aromatic nitrogens is 2. The van der Waals surface area contributed by atoms with Crippen molar-refractivity contribution in [1.82, 2.24) is 9.55 Å². The molecule has 1 aliphatic carbocycles. The van der Waals surface area contributed by atoms with Crippen LogP contribution in [0.4, 0.5) is 0 Å². The molecule has 4 nitrogen and oxygen atoms in total. The van der Waals surface area contributed by atoms with E-state index in [9.17, 15) is 4.79 Å². The highest BCUT2D eigenvalue weighted by atomic mass is 32.1. The Balaban J connectivity index is 2.22. The molecule has 2 aromatic heterocycles. The first-order chi connectivity index (χ1) is 9.61. The van der Waals surface area contributed by atoms with Crippen LogP contribution in [0.3, 0.4) is 0 Å². The van der Waals surface area contributed by atoms with Gasteiger partial charge in [-0.3, -0.25) is 9.36 Å². The lowest BCUT2D eigenvalue weighted by Gasteiger charge is -2.13. The number of hydrogen-bond donors (Lipinski definition) is 1. The third-order valence-corrected chi connectivity index (χ3v) is 5.47. The van der Waals surface area contributed by atoms with Gasteiger partial charge in [-0.05, 0) is 50.4 Å². The maximum absolute atomic E-state index is 12.8. The summed E-state index contributed by atoms with van der Waals surface area (Å²) in [5, 5.41) is 0.849. The average Bonchev–Trinajstić information content (AvgIpc) is 2.81. The first-order valence-electron chi connectivity index (χ1n) is 6.92. The van der Waals surface area contributed by atoms with Gasteiger partial charge >= 0.3 is 0 Å². The highest BCUT2D eigenvalue weighted by molar-refractivity contribution is 7.71. The summed E-state index contributed by atoms with van der Waals surface area (Å²) in [5.74, 6) is 0. The third-order valence-electron chi connectivity index (χ3n) is 3.94. The first-order valence-corrected chi connectivity index (χ1v) is 8.14. The lowest BCUT2D eigenvalue weighted by Crippen LogP contribution is -2.28. The van der Waals surface area contributed by atoms with Crippen LogP contribution < -0.4 is 5.56 Å². The van der Waals surface area contributed by atoms with Crippen molar-refractivity contribution in [3.8, 4) is 0 Å². The molecule has 1 atom stereocenters.